The second kappa shape index (κ2) is 21.1. The van der Waals surface area contributed by atoms with Crippen LogP contribution in [0.2, 0.25) is 0 Å². The van der Waals surface area contributed by atoms with E-state index in [1.54, 1.807) is 0 Å². The third kappa shape index (κ3) is 9.27. The van der Waals surface area contributed by atoms with Crippen molar-refractivity contribution in [1.29, 1.82) is 0 Å². The van der Waals surface area contributed by atoms with Crippen molar-refractivity contribution in [2.45, 2.75) is 148 Å². The first-order valence-corrected chi connectivity index (χ1v) is 33.5. The molecular formula is C87H86BN3. The zero-order chi connectivity index (χ0) is 63.1. The molecule has 2 atom stereocenters. The standard InChI is InChI=1S/C87H86BN3/c1-82(2,3)63-39-44-74(68(51-63)58-30-20-15-21-31-58)89-77-47-42-66(85(10,11)12)54-73(77)88-72-43-38-61(57-28-18-14-19-29-57)50-78(72)90(75-45-40-64(83(4,5)6)52-69(75)59-32-22-16-23-33-59)80-56-67(55-79(89)81(80)88)91-76-46-41-65(84(7,8)9)53-71(76)87(62-35-24-17-25-36-62)49-48-60-34-26-27-37-70(60)86(87,91)13/h14-22,24-32,34-47,50-56H,23,33,48-49H2,1-13H3. The number of benzene rings is 10. The Morgan fingerprint density at radius 2 is 0.923 bits per heavy atom. The number of anilines is 8. The maximum Gasteiger partial charge on any atom is 0.252 e. The number of nitrogens with zero attached hydrogens (tertiary/aromatic N) is 3. The van der Waals surface area contributed by atoms with Gasteiger partial charge in [0.2, 0.25) is 0 Å². The van der Waals surface area contributed by atoms with Crippen molar-refractivity contribution >= 4 is 74.2 Å². The van der Waals surface area contributed by atoms with E-state index in [2.05, 4.69) is 341 Å². The third-order valence-electron chi connectivity index (χ3n) is 21.4. The second-order valence-electron chi connectivity index (χ2n) is 31.0. The molecule has 0 N–H and O–H groups in total. The fourth-order valence-corrected chi connectivity index (χ4v) is 16.4. The summed E-state index contributed by atoms with van der Waals surface area (Å²) in [6.45, 7) is 30.9. The van der Waals surface area contributed by atoms with Gasteiger partial charge in [-0.1, -0.05) is 265 Å². The van der Waals surface area contributed by atoms with Crippen LogP contribution >= 0.6 is 0 Å². The summed E-state index contributed by atoms with van der Waals surface area (Å²) >= 11 is 0. The van der Waals surface area contributed by atoms with Gasteiger partial charge >= 0.3 is 0 Å². The highest BCUT2D eigenvalue weighted by molar-refractivity contribution is 7.00. The molecule has 0 aromatic heterocycles. The minimum Gasteiger partial charge on any atom is -0.330 e. The van der Waals surface area contributed by atoms with E-state index in [1.165, 1.54) is 134 Å². The maximum atomic E-state index is 2.84. The summed E-state index contributed by atoms with van der Waals surface area (Å²) in [7, 11) is 0. The molecule has 0 fully saturated rings. The Labute approximate surface area is 542 Å². The largest absolute Gasteiger partial charge is 0.330 e. The summed E-state index contributed by atoms with van der Waals surface area (Å²) in [4.78, 5) is 8.28. The molecule has 10 aromatic carbocycles. The molecular weight excluding hydrogens is 1100 g/mol. The van der Waals surface area contributed by atoms with Crippen molar-refractivity contribution in [3.63, 3.8) is 0 Å². The van der Waals surface area contributed by atoms with E-state index in [0.717, 1.165) is 31.4 Å². The number of hydrogen-bond donors (Lipinski definition) is 0. The number of allylic oxidation sites excluding steroid dienone is 4. The van der Waals surface area contributed by atoms with E-state index in [4.69, 9.17) is 0 Å². The van der Waals surface area contributed by atoms with Crippen LogP contribution < -0.4 is 31.1 Å². The molecule has 15 rings (SSSR count). The third-order valence-corrected chi connectivity index (χ3v) is 21.4. The van der Waals surface area contributed by atoms with Gasteiger partial charge in [-0.15, -0.1) is 0 Å². The topological polar surface area (TPSA) is 9.72 Å². The molecule has 91 heavy (non-hydrogen) atoms. The minimum atomic E-state index is -0.596. The molecule has 2 aliphatic carbocycles. The monoisotopic (exact) mass is 1180 g/mol. The average Bonchev–Trinajstić information content (AvgIpc) is 1.59. The van der Waals surface area contributed by atoms with Gasteiger partial charge in [0, 0.05) is 45.3 Å². The highest BCUT2D eigenvalue weighted by atomic mass is 15.3. The van der Waals surface area contributed by atoms with Gasteiger partial charge in [0.15, 0.2) is 0 Å². The lowest BCUT2D eigenvalue weighted by atomic mass is 9.33. The summed E-state index contributed by atoms with van der Waals surface area (Å²) in [6.07, 6.45) is 10.9. The average molecular weight is 1180 g/mol. The van der Waals surface area contributed by atoms with Crippen LogP contribution in [0.4, 0.5) is 45.5 Å². The molecule has 0 saturated heterocycles. The zero-order valence-electron chi connectivity index (χ0n) is 55.8. The molecule has 3 nitrogen and oxygen atoms in total. The molecule has 10 aromatic rings. The van der Waals surface area contributed by atoms with Gasteiger partial charge in [0.1, 0.15) is 0 Å². The maximum absolute atomic E-state index is 2.84. The molecule has 4 heteroatoms. The summed E-state index contributed by atoms with van der Waals surface area (Å²) < 4.78 is 0. The molecule has 452 valence electrons. The van der Waals surface area contributed by atoms with Crippen molar-refractivity contribution in [3.8, 4) is 22.3 Å². The highest BCUT2D eigenvalue weighted by Gasteiger charge is 2.64. The van der Waals surface area contributed by atoms with E-state index in [-0.39, 0.29) is 28.4 Å². The molecule has 0 radical (unpaired) electrons. The fourth-order valence-electron chi connectivity index (χ4n) is 16.4. The molecule has 5 aliphatic rings. The number of hydrogen-bond acceptors (Lipinski definition) is 3. The van der Waals surface area contributed by atoms with Gasteiger partial charge in [-0.25, -0.2) is 0 Å². The molecule has 0 saturated carbocycles. The Morgan fingerprint density at radius 3 is 1.54 bits per heavy atom. The number of rotatable bonds is 7. The lowest BCUT2D eigenvalue weighted by molar-refractivity contribution is 0.270. The molecule has 2 unspecified atom stereocenters. The Morgan fingerprint density at radius 1 is 0.396 bits per heavy atom. The normalized spacial score (nSPS) is 18.2. The van der Waals surface area contributed by atoms with Crippen LogP contribution in [-0.4, -0.2) is 6.71 Å². The van der Waals surface area contributed by atoms with E-state index < -0.39 is 11.0 Å². The van der Waals surface area contributed by atoms with Gasteiger partial charge in [0.05, 0.1) is 22.3 Å². The Hall–Kier alpha value is -8.86. The predicted molar refractivity (Wildman–Crippen MR) is 390 cm³/mol. The van der Waals surface area contributed by atoms with Crippen LogP contribution in [-0.2, 0) is 39.0 Å². The Bertz CT molecular complexity index is 4600. The van der Waals surface area contributed by atoms with E-state index >= 15 is 0 Å². The van der Waals surface area contributed by atoms with Crippen molar-refractivity contribution in [3.05, 3.63) is 287 Å². The van der Waals surface area contributed by atoms with Crippen LogP contribution in [0.25, 0.3) is 27.8 Å². The summed E-state index contributed by atoms with van der Waals surface area (Å²) in [5.41, 5.74) is 30.5. The first kappa shape index (κ1) is 58.5. The molecule has 0 bridgehead atoms. The Kier molecular flexibility index (Phi) is 13.6. The molecule has 0 spiro atoms. The smallest absolute Gasteiger partial charge is 0.252 e. The lowest BCUT2D eigenvalue weighted by Crippen LogP contribution is -2.61. The van der Waals surface area contributed by atoms with Crippen molar-refractivity contribution in [1.82, 2.24) is 0 Å². The van der Waals surface area contributed by atoms with Gasteiger partial charge < -0.3 is 14.7 Å². The molecule has 3 heterocycles. The summed E-state index contributed by atoms with van der Waals surface area (Å²) in [6, 6.07) is 85.9. The summed E-state index contributed by atoms with van der Waals surface area (Å²) in [5.74, 6) is 0. The highest BCUT2D eigenvalue weighted by Crippen LogP contribution is 2.67. The minimum absolute atomic E-state index is 0.0790. The van der Waals surface area contributed by atoms with Crippen LogP contribution in [0.1, 0.15) is 159 Å². The first-order chi connectivity index (χ1) is 43.5. The Balaban J connectivity index is 1.14. The fraction of sp³-hybridized carbons (Fsp3) is 0.264. The van der Waals surface area contributed by atoms with Crippen molar-refractivity contribution in [2.24, 2.45) is 0 Å². The second-order valence-corrected chi connectivity index (χ2v) is 31.0. The predicted octanol–water partition coefficient (Wildman–Crippen LogP) is 21.3. The molecule has 3 aliphatic heterocycles. The van der Waals surface area contributed by atoms with Crippen LogP contribution in [0.5, 0.6) is 0 Å². The van der Waals surface area contributed by atoms with Gasteiger partial charge in [-0.3, -0.25) is 0 Å². The number of aryl methyl sites for hydroxylation is 1. The SMILES string of the molecule is CC(C)(C)c1ccc2c(c1)B1c3ccc(-c4ccccc4)cc3N(c3ccc(C(C)(C)C)cc3C3=CC=CCC3)c3cc(N4c5ccc(C(C)(C)C)cc5C5(c6ccccc6)CCc6ccccc6C45C)cc(c31)N2c1ccc(C(C)(C)C)cc1-c1ccccc1. The zero-order valence-corrected chi connectivity index (χ0v) is 55.8. The van der Waals surface area contributed by atoms with Crippen molar-refractivity contribution < 1.29 is 0 Å². The number of fused-ring (bicyclic) bond motifs is 9. The molecule has 0 amide bonds. The van der Waals surface area contributed by atoms with E-state index in [0.29, 0.717) is 0 Å². The van der Waals surface area contributed by atoms with Gasteiger partial charge in [0.25, 0.3) is 6.71 Å². The van der Waals surface area contributed by atoms with E-state index in [1.807, 2.05) is 0 Å². The van der Waals surface area contributed by atoms with Crippen LogP contribution in [0.15, 0.2) is 237 Å². The quantitative estimate of drug-likeness (QED) is 0.147. The van der Waals surface area contributed by atoms with Gasteiger partial charge in [-0.2, -0.15) is 0 Å². The van der Waals surface area contributed by atoms with Gasteiger partial charge in [-0.05, 0) is 192 Å². The van der Waals surface area contributed by atoms with Crippen LogP contribution in [0, 0.1) is 0 Å². The lowest BCUT2D eigenvalue weighted by Gasteiger charge is -2.53. The summed E-state index contributed by atoms with van der Waals surface area (Å²) in [5, 5.41) is 0. The first-order valence-electron chi connectivity index (χ1n) is 33.5. The van der Waals surface area contributed by atoms with Crippen molar-refractivity contribution in [2.75, 3.05) is 14.7 Å². The van der Waals surface area contributed by atoms with Crippen LogP contribution in [0.3, 0.4) is 0 Å². The van der Waals surface area contributed by atoms with E-state index in [9.17, 15) is 0 Å².